The monoisotopic (exact) mass is 374 g/mol. The van der Waals surface area contributed by atoms with E-state index in [2.05, 4.69) is 4.99 Å². The van der Waals surface area contributed by atoms with Crippen LogP contribution in [-0.4, -0.2) is 18.4 Å². The third-order valence-corrected chi connectivity index (χ3v) is 4.61. The predicted molar refractivity (Wildman–Crippen MR) is 102 cm³/mol. The number of nitrogens with two attached hydrogens (primary N) is 1. The van der Waals surface area contributed by atoms with Crippen molar-refractivity contribution in [1.82, 2.24) is 0 Å². The summed E-state index contributed by atoms with van der Waals surface area (Å²) >= 11 is 12.4. The fourth-order valence-electron chi connectivity index (χ4n) is 2.65. The number of hydrogen-bond donors (Lipinski definition) is 1. The lowest BCUT2D eigenvalue weighted by atomic mass is 10.0. The second-order valence-corrected chi connectivity index (χ2v) is 6.33. The highest BCUT2D eigenvalue weighted by Crippen LogP contribution is 2.36. The highest BCUT2D eigenvalue weighted by Gasteiger charge is 2.18. The van der Waals surface area contributed by atoms with Crippen molar-refractivity contribution in [3.05, 3.63) is 57.6 Å². The molecular formula is C19H16Cl2N2O2. The number of amidine groups is 1. The van der Waals surface area contributed by atoms with E-state index in [1.165, 1.54) is 0 Å². The first-order valence-corrected chi connectivity index (χ1v) is 8.54. The number of hydrogen-bond acceptors (Lipinski definition) is 4. The van der Waals surface area contributed by atoms with Gasteiger partial charge in [0.15, 0.2) is 0 Å². The third kappa shape index (κ3) is 3.70. The van der Waals surface area contributed by atoms with E-state index in [1.807, 2.05) is 30.3 Å². The first-order valence-electron chi connectivity index (χ1n) is 7.78. The van der Waals surface area contributed by atoms with Crippen LogP contribution in [-0.2, 0) is 9.53 Å². The molecule has 0 aromatic heterocycles. The maximum Gasteiger partial charge on any atom is 0.334 e. The molecule has 2 N–H and O–H groups in total. The zero-order valence-electron chi connectivity index (χ0n) is 13.6. The Bertz CT molecular complexity index is 904. The Balaban J connectivity index is 2.11. The third-order valence-electron chi connectivity index (χ3n) is 3.79. The molecule has 0 atom stereocenters. The number of carbonyl (C=O) groups is 1. The van der Waals surface area contributed by atoms with Crippen LogP contribution in [0.25, 0.3) is 17.2 Å². The van der Waals surface area contributed by atoms with Gasteiger partial charge in [0.05, 0.1) is 22.3 Å². The highest BCUT2D eigenvalue weighted by molar-refractivity contribution is 6.43. The van der Waals surface area contributed by atoms with Crippen LogP contribution in [0, 0.1) is 0 Å². The molecule has 128 valence electrons. The van der Waals surface area contributed by atoms with Gasteiger partial charge in [-0.05, 0) is 36.8 Å². The van der Waals surface area contributed by atoms with Gasteiger partial charge in [-0.1, -0.05) is 41.4 Å². The summed E-state index contributed by atoms with van der Waals surface area (Å²) in [7, 11) is 0. The smallest absolute Gasteiger partial charge is 0.334 e. The summed E-state index contributed by atoms with van der Waals surface area (Å²) in [5, 5.41) is 0.967. The van der Waals surface area contributed by atoms with Crippen molar-refractivity contribution in [2.24, 2.45) is 10.7 Å². The molecule has 0 unspecified atom stereocenters. The summed E-state index contributed by atoms with van der Waals surface area (Å²) in [6, 6.07) is 11.1. The number of ether oxygens (including phenoxy) is 1. The quantitative estimate of drug-likeness (QED) is 0.768. The van der Waals surface area contributed by atoms with Crippen LogP contribution in [0.5, 0.6) is 0 Å². The van der Waals surface area contributed by atoms with Crippen LogP contribution in [0.3, 0.4) is 0 Å². The number of fused-ring (bicyclic) bond motifs is 1. The molecule has 0 bridgehead atoms. The first-order chi connectivity index (χ1) is 12.0. The zero-order chi connectivity index (χ0) is 18.0. The average molecular weight is 375 g/mol. The van der Waals surface area contributed by atoms with E-state index in [4.69, 9.17) is 33.7 Å². The Morgan fingerprint density at radius 2 is 2.08 bits per heavy atom. The van der Waals surface area contributed by atoms with E-state index in [0.29, 0.717) is 33.7 Å². The minimum atomic E-state index is -0.389. The Kier molecular flexibility index (Phi) is 5.11. The van der Waals surface area contributed by atoms with Crippen molar-refractivity contribution in [1.29, 1.82) is 0 Å². The molecule has 0 fully saturated rings. The Hall–Kier alpha value is -2.30. The minimum absolute atomic E-state index is 0.251. The number of halogens is 2. The molecule has 0 aliphatic carbocycles. The minimum Gasteiger partial charge on any atom is -0.463 e. The van der Waals surface area contributed by atoms with E-state index in [1.54, 1.807) is 19.1 Å². The first kappa shape index (κ1) is 17.5. The fraction of sp³-hybridized carbons (Fsp3) is 0.158. The average Bonchev–Trinajstić information content (AvgIpc) is 2.75. The zero-order valence-corrected chi connectivity index (χ0v) is 15.1. The van der Waals surface area contributed by atoms with Gasteiger partial charge in [-0.15, -0.1) is 0 Å². The molecular weight excluding hydrogens is 359 g/mol. The van der Waals surface area contributed by atoms with Gasteiger partial charge >= 0.3 is 5.97 Å². The molecule has 6 heteroatoms. The Labute approximate surface area is 155 Å². The topological polar surface area (TPSA) is 64.7 Å². The molecule has 0 saturated carbocycles. The molecule has 3 rings (SSSR count). The molecule has 2 aromatic rings. The number of nitrogens with zero attached hydrogens (tertiary/aromatic N) is 1. The van der Waals surface area contributed by atoms with Crippen molar-refractivity contribution < 1.29 is 9.53 Å². The van der Waals surface area contributed by atoms with Crippen LogP contribution in [0.15, 0.2) is 47.0 Å². The molecule has 2 aromatic carbocycles. The van der Waals surface area contributed by atoms with Crippen LogP contribution >= 0.6 is 23.2 Å². The molecule has 0 spiro atoms. The predicted octanol–water partition coefficient (Wildman–Crippen LogP) is 5.00. The number of benzene rings is 2. The van der Waals surface area contributed by atoms with Crippen LogP contribution in [0.2, 0.25) is 10.0 Å². The molecule has 4 nitrogen and oxygen atoms in total. The van der Waals surface area contributed by atoms with E-state index in [0.717, 1.165) is 16.7 Å². The van der Waals surface area contributed by atoms with Gasteiger partial charge in [0.2, 0.25) is 0 Å². The van der Waals surface area contributed by atoms with E-state index in [-0.39, 0.29) is 12.4 Å². The van der Waals surface area contributed by atoms with Crippen molar-refractivity contribution in [2.75, 3.05) is 6.61 Å². The van der Waals surface area contributed by atoms with Gasteiger partial charge in [-0.2, -0.15) is 0 Å². The van der Waals surface area contributed by atoms with Crippen LogP contribution < -0.4 is 5.73 Å². The largest absolute Gasteiger partial charge is 0.463 e. The van der Waals surface area contributed by atoms with Crippen molar-refractivity contribution in [3.8, 4) is 11.1 Å². The lowest BCUT2D eigenvalue weighted by molar-refractivity contribution is -0.138. The van der Waals surface area contributed by atoms with E-state index in [9.17, 15) is 4.79 Å². The SMILES string of the molecule is CCOC(=O)C1=Cc2cc(-c3cccc(Cl)c3Cl)ccc2N=C(N)C1. The lowest BCUT2D eigenvalue weighted by Gasteiger charge is -2.09. The van der Waals surface area contributed by atoms with Gasteiger partial charge in [0, 0.05) is 23.1 Å². The number of aliphatic imine (C=N–C) groups is 1. The molecule has 0 radical (unpaired) electrons. The summed E-state index contributed by atoms with van der Waals surface area (Å²) in [5.74, 6) is -0.0220. The second kappa shape index (κ2) is 7.30. The van der Waals surface area contributed by atoms with Gasteiger partial charge < -0.3 is 10.5 Å². The molecule has 1 heterocycles. The maximum atomic E-state index is 12.1. The van der Waals surface area contributed by atoms with Crippen molar-refractivity contribution in [2.45, 2.75) is 13.3 Å². The summed E-state index contributed by atoms with van der Waals surface area (Å²) in [4.78, 5) is 16.5. The molecule has 0 saturated heterocycles. The standard InChI is InChI=1S/C19H16Cl2N2O2/c1-2-25-19(24)13-9-12-8-11(6-7-16(12)23-17(22)10-13)14-4-3-5-15(20)18(14)21/h3-9H,2,10H2,1H3,(H2,22,23). The van der Waals surface area contributed by atoms with Gasteiger partial charge in [-0.3, -0.25) is 0 Å². The van der Waals surface area contributed by atoms with Crippen LogP contribution in [0.1, 0.15) is 18.9 Å². The number of esters is 1. The van der Waals surface area contributed by atoms with Gasteiger partial charge in [0.1, 0.15) is 5.84 Å². The lowest BCUT2D eigenvalue weighted by Crippen LogP contribution is -2.16. The Morgan fingerprint density at radius 1 is 1.28 bits per heavy atom. The van der Waals surface area contributed by atoms with Crippen molar-refractivity contribution in [3.63, 3.8) is 0 Å². The van der Waals surface area contributed by atoms with Gasteiger partial charge in [-0.25, -0.2) is 9.79 Å². The number of carbonyl (C=O) groups excluding carboxylic acids is 1. The summed E-state index contributed by atoms with van der Waals surface area (Å²) in [6.45, 7) is 2.07. The van der Waals surface area contributed by atoms with Crippen molar-refractivity contribution >= 4 is 46.8 Å². The van der Waals surface area contributed by atoms with Gasteiger partial charge in [0.25, 0.3) is 0 Å². The Morgan fingerprint density at radius 3 is 2.84 bits per heavy atom. The van der Waals surface area contributed by atoms with E-state index < -0.39 is 0 Å². The summed E-state index contributed by atoms with van der Waals surface area (Å²) in [5.41, 5.74) is 9.55. The van der Waals surface area contributed by atoms with Crippen LogP contribution in [0.4, 0.5) is 5.69 Å². The highest BCUT2D eigenvalue weighted by atomic mass is 35.5. The second-order valence-electron chi connectivity index (χ2n) is 5.54. The normalized spacial score (nSPS) is 13.4. The maximum absolute atomic E-state index is 12.1. The molecule has 1 aliphatic heterocycles. The number of rotatable bonds is 3. The summed E-state index contributed by atoms with van der Waals surface area (Å²) in [6.07, 6.45) is 2.01. The summed E-state index contributed by atoms with van der Waals surface area (Å²) < 4.78 is 5.09. The fourth-order valence-corrected chi connectivity index (χ4v) is 3.06. The van der Waals surface area contributed by atoms with E-state index >= 15 is 0 Å². The molecule has 0 amide bonds. The molecule has 25 heavy (non-hydrogen) atoms. The molecule has 1 aliphatic rings.